The summed E-state index contributed by atoms with van der Waals surface area (Å²) in [4.78, 5) is 0. The van der Waals surface area contributed by atoms with Crippen LogP contribution in [0, 0.1) is 6.92 Å². The van der Waals surface area contributed by atoms with E-state index in [2.05, 4.69) is 10.4 Å². The number of aryl methyl sites for hydroxylation is 1. The largest absolute Gasteiger partial charge is 0.394 e. The fourth-order valence-electron chi connectivity index (χ4n) is 1.35. The summed E-state index contributed by atoms with van der Waals surface area (Å²) in [6.07, 6.45) is -0.403. The summed E-state index contributed by atoms with van der Waals surface area (Å²) in [5.41, 5.74) is 7.37. The number of anilines is 2. The molecule has 0 amide bonds. The average molecular weight is 212 g/mol. The SMILES string of the molecule is Cc1nn(C(C)C)c(NCC(C)O)c1N. The molecule has 0 saturated heterocycles. The summed E-state index contributed by atoms with van der Waals surface area (Å²) in [7, 11) is 0. The van der Waals surface area contributed by atoms with E-state index in [0.717, 1.165) is 11.5 Å². The molecule has 1 heterocycles. The normalized spacial score (nSPS) is 13.2. The van der Waals surface area contributed by atoms with E-state index in [-0.39, 0.29) is 6.04 Å². The number of rotatable bonds is 4. The fourth-order valence-corrected chi connectivity index (χ4v) is 1.35. The van der Waals surface area contributed by atoms with Gasteiger partial charge in [-0.3, -0.25) is 0 Å². The third-order valence-corrected chi connectivity index (χ3v) is 2.19. The molecule has 15 heavy (non-hydrogen) atoms. The van der Waals surface area contributed by atoms with E-state index in [1.165, 1.54) is 0 Å². The highest BCUT2D eigenvalue weighted by Gasteiger charge is 2.14. The van der Waals surface area contributed by atoms with Crippen molar-refractivity contribution in [3.63, 3.8) is 0 Å². The van der Waals surface area contributed by atoms with Crippen molar-refractivity contribution in [1.29, 1.82) is 0 Å². The molecule has 0 bridgehead atoms. The molecule has 0 spiro atoms. The lowest BCUT2D eigenvalue weighted by Gasteiger charge is -2.14. The lowest BCUT2D eigenvalue weighted by atomic mass is 10.3. The zero-order chi connectivity index (χ0) is 11.6. The van der Waals surface area contributed by atoms with Gasteiger partial charge in [0, 0.05) is 12.6 Å². The highest BCUT2D eigenvalue weighted by atomic mass is 16.3. The summed E-state index contributed by atoms with van der Waals surface area (Å²) >= 11 is 0. The third kappa shape index (κ3) is 2.62. The molecule has 0 saturated carbocycles. The number of hydrogen-bond donors (Lipinski definition) is 3. The van der Waals surface area contributed by atoms with Crippen LogP contribution in [0.1, 0.15) is 32.5 Å². The van der Waals surface area contributed by atoms with Gasteiger partial charge in [0.15, 0.2) is 0 Å². The Morgan fingerprint density at radius 1 is 1.47 bits per heavy atom. The van der Waals surface area contributed by atoms with Crippen LogP contribution in [0.15, 0.2) is 0 Å². The standard InChI is InChI=1S/C10H20N4O/c1-6(2)14-10(12-5-7(3)15)9(11)8(4)13-14/h6-7,12,15H,5,11H2,1-4H3. The van der Waals surface area contributed by atoms with E-state index in [1.807, 2.05) is 25.5 Å². The van der Waals surface area contributed by atoms with Crippen molar-refractivity contribution in [2.45, 2.75) is 39.8 Å². The smallest absolute Gasteiger partial charge is 0.148 e. The zero-order valence-electron chi connectivity index (χ0n) is 9.78. The van der Waals surface area contributed by atoms with Crippen LogP contribution in [0.4, 0.5) is 11.5 Å². The van der Waals surface area contributed by atoms with Crippen molar-refractivity contribution in [1.82, 2.24) is 9.78 Å². The van der Waals surface area contributed by atoms with Gasteiger partial charge in [0.05, 0.1) is 17.5 Å². The van der Waals surface area contributed by atoms with Crippen LogP contribution in [0.3, 0.4) is 0 Å². The molecule has 1 aromatic rings. The van der Waals surface area contributed by atoms with Crippen LogP contribution in [-0.2, 0) is 0 Å². The maximum Gasteiger partial charge on any atom is 0.148 e. The molecule has 1 rings (SSSR count). The van der Waals surface area contributed by atoms with E-state index in [0.29, 0.717) is 12.2 Å². The maximum absolute atomic E-state index is 9.21. The van der Waals surface area contributed by atoms with Gasteiger partial charge in [0.25, 0.3) is 0 Å². The van der Waals surface area contributed by atoms with Crippen molar-refractivity contribution in [2.24, 2.45) is 0 Å². The third-order valence-electron chi connectivity index (χ3n) is 2.19. The summed E-state index contributed by atoms with van der Waals surface area (Å²) in [5, 5.41) is 16.7. The number of nitrogens with two attached hydrogens (primary N) is 1. The van der Waals surface area contributed by atoms with E-state index in [9.17, 15) is 5.11 Å². The minimum atomic E-state index is -0.403. The number of aliphatic hydroxyl groups is 1. The Morgan fingerprint density at radius 3 is 2.53 bits per heavy atom. The molecule has 1 atom stereocenters. The second-order valence-corrected chi connectivity index (χ2v) is 4.12. The molecule has 0 fully saturated rings. The minimum absolute atomic E-state index is 0.248. The van der Waals surface area contributed by atoms with Crippen molar-refractivity contribution in [2.75, 3.05) is 17.6 Å². The molecule has 0 aromatic carbocycles. The first-order chi connectivity index (χ1) is 6.93. The molecular weight excluding hydrogens is 192 g/mol. The predicted molar refractivity (Wildman–Crippen MR) is 61.9 cm³/mol. The highest BCUT2D eigenvalue weighted by molar-refractivity contribution is 5.64. The Labute approximate surface area is 90.3 Å². The molecule has 1 unspecified atom stereocenters. The Bertz CT molecular complexity index is 330. The van der Waals surface area contributed by atoms with Gasteiger partial charge in [0.1, 0.15) is 5.82 Å². The summed E-state index contributed by atoms with van der Waals surface area (Å²) in [6, 6.07) is 0.248. The number of nitrogens with zero attached hydrogens (tertiary/aromatic N) is 2. The lowest BCUT2D eigenvalue weighted by Crippen LogP contribution is -2.19. The van der Waals surface area contributed by atoms with Gasteiger partial charge in [-0.05, 0) is 27.7 Å². The topological polar surface area (TPSA) is 76.1 Å². The quantitative estimate of drug-likeness (QED) is 0.699. The second kappa shape index (κ2) is 4.53. The van der Waals surface area contributed by atoms with Crippen LogP contribution in [0.5, 0.6) is 0 Å². The second-order valence-electron chi connectivity index (χ2n) is 4.12. The van der Waals surface area contributed by atoms with Crippen molar-refractivity contribution in [3.05, 3.63) is 5.69 Å². The van der Waals surface area contributed by atoms with Gasteiger partial charge in [-0.1, -0.05) is 0 Å². The van der Waals surface area contributed by atoms with Crippen molar-refractivity contribution in [3.8, 4) is 0 Å². The Morgan fingerprint density at radius 2 is 2.07 bits per heavy atom. The van der Waals surface area contributed by atoms with E-state index >= 15 is 0 Å². The Kier molecular flexibility index (Phi) is 3.57. The predicted octanol–water partition coefficient (Wildman–Crippen LogP) is 1.15. The fraction of sp³-hybridized carbons (Fsp3) is 0.700. The van der Waals surface area contributed by atoms with Gasteiger partial charge >= 0.3 is 0 Å². The van der Waals surface area contributed by atoms with Gasteiger partial charge in [-0.25, -0.2) is 4.68 Å². The monoisotopic (exact) mass is 212 g/mol. The number of nitrogen functional groups attached to an aromatic ring is 1. The van der Waals surface area contributed by atoms with E-state index < -0.39 is 6.10 Å². The molecule has 4 N–H and O–H groups in total. The Hall–Kier alpha value is -1.23. The van der Waals surface area contributed by atoms with Gasteiger partial charge in [-0.2, -0.15) is 5.10 Å². The summed E-state index contributed by atoms with van der Waals surface area (Å²) < 4.78 is 1.84. The maximum atomic E-state index is 9.21. The van der Waals surface area contributed by atoms with Crippen LogP contribution < -0.4 is 11.1 Å². The molecule has 5 nitrogen and oxygen atoms in total. The number of nitrogens with one attached hydrogen (secondary N) is 1. The molecule has 0 aliphatic heterocycles. The van der Waals surface area contributed by atoms with Crippen molar-refractivity contribution >= 4 is 11.5 Å². The van der Waals surface area contributed by atoms with E-state index in [4.69, 9.17) is 5.73 Å². The number of aliphatic hydroxyl groups excluding tert-OH is 1. The zero-order valence-corrected chi connectivity index (χ0v) is 9.78. The van der Waals surface area contributed by atoms with Crippen LogP contribution in [-0.4, -0.2) is 27.5 Å². The van der Waals surface area contributed by atoms with Gasteiger partial charge < -0.3 is 16.2 Å². The first-order valence-electron chi connectivity index (χ1n) is 5.20. The molecule has 1 aromatic heterocycles. The molecule has 0 aliphatic carbocycles. The van der Waals surface area contributed by atoms with Gasteiger partial charge in [-0.15, -0.1) is 0 Å². The number of aromatic nitrogens is 2. The molecule has 0 radical (unpaired) electrons. The lowest BCUT2D eigenvalue weighted by molar-refractivity contribution is 0.208. The highest BCUT2D eigenvalue weighted by Crippen LogP contribution is 2.25. The Balaban J connectivity index is 2.92. The van der Waals surface area contributed by atoms with Crippen LogP contribution >= 0.6 is 0 Å². The number of hydrogen-bond acceptors (Lipinski definition) is 4. The van der Waals surface area contributed by atoms with Gasteiger partial charge in [0.2, 0.25) is 0 Å². The van der Waals surface area contributed by atoms with E-state index in [1.54, 1.807) is 6.92 Å². The first-order valence-corrected chi connectivity index (χ1v) is 5.20. The molecule has 86 valence electrons. The van der Waals surface area contributed by atoms with Crippen LogP contribution in [0.25, 0.3) is 0 Å². The summed E-state index contributed by atoms with van der Waals surface area (Å²) in [6.45, 7) is 8.16. The first kappa shape index (κ1) is 11.8. The van der Waals surface area contributed by atoms with Crippen LogP contribution in [0.2, 0.25) is 0 Å². The minimum Gasteiger partial charge on any atom is -0.394 e. The molecular formula is C10H20N4O. The average Bonchev–Trinajstić information content (AvgIpc) is 2.41. The molecule has 0 aliphatic rings. The van der Waals surface area contributed by atoms with Crippen molar-refractivity contribution < 1.29 is 5.11 Å². The molecule has 5 heteroatoms. The summed E-state index contributed by atoms with van der Waals surface area (Å²) in [5.74, 6) is 0.795.